The van der Waals surface area contributed by atoms with Crippen LogP contribution in [0.2, 0.25) is 0 Å². The van der Waals surface area contributed by atoms with Gasteiger partial charge >= 0.3 is 0 Å². The van der Waals surface area contributed by atoms with Gasteiger partial charge in [0.05, 0.1) is 6.10 Å². The summed E-state index contributed by atoms with van der Waals surface area (Å²) in [5.74, 6) is -0.219. The fraction of sp³-hybridized carbons (Fsp3) is 0.294. The number of rotatable bonds is 4. The zero-order chi connectivity index (χ0) is 15.4. The maximum atomic E-state index is 12.0. The molecule has 0 radical (unpaired) electrons. The molecule has 1 aliphatic rings. The van der Waals surface area contributed by atoms with Crippen LogP contribution in [0, 0.1) is 0 Å². The van der Waals surface area contributed by atoms with Gasteiger partial charge in [0.1, 0.15) is 0 Å². The van der Waals surface area contributed by atoms with Gasteiger partial charge in [-0.2, -0.15) is 0 Å². The second-order valence-electron chi connectivity index (χ2n) is 5.35. The summed E-state index contributed by atoms with van der Waals surface area (Å²) in [6.07, 6.45) is 5.06. The zero-order valence-electron chi connectivity index (χ0n) is 12.2. The maximum absolute atomic E-state index is 12.0. The van der Waals surface area contributed by atoms with Crippen LogP contribution >= 0.6 is 0 Å². The van der Waals surface area contributed by atoms with E-state index in [0.717, 1.165) is 30.4 Å². The van der Waals surface area contributed by atoms with Gasteiger partial charge in [-0.25, -0.2) is 0 Å². The number of fused-ring (bicyclic) bond motifs is 1. The molecule has 3 rings (SSSR count). The molecule has 2 N–H and O–H groups in total. The molecule has 0 bridgehead atoms. The molecule has 1 aromatic carbocycles. The lowest BCUT2D eigenvalue weighted by Gasteiger charge is -2.08. The van der Waals surface area contributed by atoms with E-state index in [9.17, 15) is 9.59 Å². The molecule has 1 atom stereocenters. The predicted molar refractivity (Wildman–Crippen MR) is 85.6 cm³/mol. The highest BCUT2D eigenvalue weighted by atomic mass is 16.5. The van der Waals surface area contributed by atoms with Gasteiger partial charge in [0.15, 0.2) is 0 Å². The molecule has 2 aromatic rings. The van der Waals surface area contributed by atoms with Crippen molar-refractivity contribution < 1.29 is 9.53 Å². The Labute approximate surface area is 128 Å². The van der Waals surface area contributed by atoms with E-state index in [-0.39, 0.29) is 17.6 Å². The van der Waals surface area contributed by atoms with Gasteiger partial charge in [0.25, 0.3) is 5.56 Å². The summed E-state index contributed by atoms with van der Waals surface area (Å²) >= 11 is 0. The zero-order valence-corrected chi connectivity index (χ0v) is 12.2. The molecule has 1 aromatic heterocycles. The number of nitrogens with one attached hydrogen (secondary N) is 2. The molecule has 2 heterocycles. The summed E-state index contributed by atoms with van der Waals surface area (Å²) in [7, 11) is 0. The number of carbonyl (C=O) groups excluding carboxylic acids is 1. The summed E-state index contributed by atoms with van der Waals surface area (Å²) in [6, 6.07) is 9.31. The van der Waals surface area contributed by atoms with Crippen LogP contribution in [-0.4, -0.2) is 30.1 Å². The molecule has 1 unspecified atom stereocenters. The van der Waals surface area contributed by atoms with E-state index in [2.05, 4.69) is 10.3 Å². The molecule has 0 aliphatic carbocycles. The van der Waals surface area contributed by atoms with E-state index in [1.165, 1.54) is 12.2 Å². The smallest absolute Gasteiger partial charge is 0.255 e. The first-order valence-electron chi connectivity index (χ1n) is 7.42. The van der Waals surface area contributed by atoms with E-state index in [4.69, 9.17) is 4.74 Å². The lowest BCUT2D eigenvalue weighted by atomic mass is 10.1. The Kier molecular flexibility index (Phi) is 4.34. The minimum atomic E-state index is -0.219. The van der Waals surface area contributed by atoms with Crippen molar-refractivity contribution in [2.75, 3.05) is 13.2 Å². The van der Waals surface area contributed by atoms with E-state index >= 15 is 0 Å². The molecule has 22 heavy (non-hydrogen) atoms. The quantitative estimate of drug-likeness (QED) is 0.846. The van der Waals surface area contributed by atoms with Crippen LogP contribution in [-0.2, 0) is 9.53 Å². The third-order valence-corrected chi connectivity index (χ3v) is 3.72. The van der Waals surface area contributed by atoms with Gasteiger partial charge in [-0.3, -0.25) is 9.59 Å². The molecule has 5 heteroatoms. The van der Waals surface area contributed by atoms with Crippen molar-refractivity contribution >= 4 is 22.9 Å². The van der Waals surface area contributed by atoms with Crippen molar-refractivity contribution in [1.82, 2.24) is 10.3 Å². The minimum absolute atomic E-state index is 0.112. The van der Waals surface area contributed by atoms with Crippen molar-refractivity contribution in [2.24, 2.45) is 0 Å². The highest BCUT2D eigenvalue weighted by Gasteiger charge is 2.15. The summed E-state index contributed by atoms with van der Waals surface area (Å²) in [6.45, 7) is 1.28. The number of hydrogen-bond donors (Lipinski definition) is 2. The molecule has 0 spiro atoms. The topological polar surface area (TPSA) is 71.2 Å². The Balaban J connectivity index is 1.67. The van der Waals surface area contributed by atoms with E-state index in [0.29, 0.717) is 12.1 Å². The van der Waals surface area contributed by atoms with Gasteiger partial charge < -0.3 is 15.0 Å². The standard InChI is InChI=1S/C17H18N2O3/c20-16(18-11-14-5-3-9-22-14)8-7-13-10-12-4-1-2-6-15(12)19-17(13)21/h1-2,4,6-8,10,14H,3,5,9,11H2,(H,18,20)(H,19,21)/b8-7+. The minimum Gasteiger partial charge on any atom is -0.376 e. The summed E-state index contributed by atoms with van der Waals surface area (Å²) < 4.78 is 5.44. The number of pyridine rings is 1. The van der Waals surface area contributed by atoms with Crippen LogP contribution < -0.4 is 10.9 Å². The second kappa shape index (κ2) is 6.58. The normalized spacial score (nSPS) is 18.1. The number of aromatic amines is 1. The number of amides is 1. The first kappa shape index (κ1) is 14.5. The van der Waals surface area contributed by atoms with Crippen LogP contribution in [0.25, 0.3) is 17.0 Å². The highest BCUT2D eigenvalue weighted by molar-refractivity contribution is 5.92. The fourth-order valence-electron chi connectivity index (χ4n) is 2.53. The van der Waals surface area contributed by atoms with Crippen molar-refractivity contribution in [3.05, 3.63) is 52.3 Å². The van der Waals surface area contributed by atoms with E-state index < -0.39 is 0 Å². The molecule has 114 valence electrons. The number of H-pyrrole nitrogens is 1. The first-order chi connectivity index (χ1) is 10.7. The highest BCUT2D eigenvalue weighted by Crippen LogP contribution is 2.11. The van der Waals surface area contributed by atoms with E-state index in [1.54, 1.807) is 6.07 Å². The number of hydrogen-bond acceptors (Lipinski definition) is 3. The van der Waals surface area contributed by atoms with Crippen LogP contribution in [0.4, 0.5) is 0 Å². The average molecular weight is 298 g/mol. The maximum Gasteiger partial charge on any atom is 0.255 e. The largest absolute Gasteiger partial charge is 0.376 e. The summed E-state index contributed by atoms with van der Waals surface area (Å²) in [5, 5.41) is 3.72. The van der Waals surface area contributed by atoms with Crippen LogP contribution in [0.5, 0.6) is 0 Å². The molecule has 1 saturated heterocycles. The summed E-state index contributed by atoms with van der Waals surface area (Å²) in [5.41, 5.74) is 1.04. The van der Waals surface area contributed by atoms with Crippen LogP contribution in [0.1, 0.15) is 18.4 Å². The van der Waals surface area contributed by atoms with E-state index in [1.807, 2.05) is 24.3 Å². The lowest BCUT2D eigenvalue weighted by molar-refractivity contribution is -0.116. The van der Waals surface area contributed by atoms with Crippen molar-refractivity contribution in [2.45, 2.75) is 18.9 Å². The molecule has 1 amide bonds. The Morgan fingerprint density at radius 3 is 3.09 bits per heavy atom. The Morgan fingerprint density at radius 2 is 2.27 bits per heavy atom. The summed E-state index contributed by atoms with van der Waals surface area (Å²) in [4.78, 5) is 26.5. The average Bonchev–Trinajstić information content (AvgIpc) is 3.04. The molecular weight excluding hydrogens is 280 g/mol. The third kappa shape index (κ3) is 3.43. The van der Waals surface area contributed by atoms with Gasteiger partial charge in [-0.15, -0.1) is 0 Å². The first-order valence-corrected chi connectivity index (χ1v) is 7.42. The fourth-order valence-corrected chi connectivity index (χ4v) is 2.53. The number of benzene rings is 1. The number of ether oxygens (including phenoxy) is 1. The van der Waals surface area contributed by atoms with Gasteiger partial charge in [0, 0.05) is 30.3 Å². The monoisotopic (exact) mass is 298 g/mol. The second-order valence-corrected chi connectivity index (χ2v) is 5.35. The van der Waals surface area contributed by atoms with Gasteiger partial charge in [-0.1, -0.05) is 18.2 Å². The Morgan fingerprint density at radius 1 is 1.41 bits per heavy atom. The van der Waals surface area contributed by atoms with Crippen molar-refractivity contribution in [3.63, 3.8) is 0 Å². The van der Waals surface area contributed by atoms with Gasteiger partial charge in [0.2, 0.25) is 5.91 Å². The lowest BCUT2D eigenvalue weighted by Crippen LogP contribution is -2.30. The SMILES string of the molecule is O=C(/C=C/c1cc2ccccc2[nH]c1=O)NCC1CCCO1. The van der Waals surface area contributed by atoms with Crippen molar-refractivity contribution in [3.8, 4) is 0 Å². The molecule has 1 aliphatic heterocycles. The van der Waals surface area contributed by atoms with Crippen LogP contribution in [0.3, 0.4) is 0 Å². The van der Waals surface area contributed by atoms with Crippen LogP contribution in [0.15, 0.2) is 41.2 Å². The molecule has 5 nitrogen and oxygen atoms in total. The Hall–Kier alpha value is -2.40. The van der Waals surface area contributed by atoms with Crippen molar-refractivity contribution in [1.29, 1.82) is 0 Å². The Bertz CT molecular complexity index is 758. The predicted octanol–water partition coefficient (Wildman–Crippen LogP) is 1.84. The molecular formula is C17H18N2O3. The number of para-hydroxylation sites is 1. The van der Waals surface area contributed by atoms with Gasteiger partial charge in [-0.05, 0) is 36.4 Å². The number of aromatic nitrogens is 1. The molecule has 0 saturated carbocycles. The third-order valence-electron chi connectivity index (χ3n) is 3.72. The molecule has 1 fully saturated rings. The number of carbonyl (C=O) groups is 1.